The fourth-order valence-corrected chi connectivity index (χ4v) is 15.1. The topological polar surface area (TPSA) is 57.7 Å². The predicted molar refractivity (Wildman–Crippen MR) is 363 cm³/mol. The van der Waals surface area contributed by atoms with E-state index in [0.717, 1.165) is 142 Å². The number of para-hydroxylation sites is 10. The Labute approximate surface area is 502 Å². The first kappa shape index (κ1) is 48.1. The van der Waals surface area contributed by atoms with Crippen molar-refractivity contribution in [3.63, 3.8) is 0 Å². The van der Waals surface area contributed by atoms with Gasteiger partial charge in [-0.15, -0.1) is 0 Å². The van der Waals surface area contributed by atoms with Gasteiger partial charge in [0.05, 0.1) is 101 Å². The molecule has 0 radical (unpaired) electrons. The Hall–Kier alpha value is -12.4. The minimum Gasteiger partial charge on any atom is -0.317 e. The largest absolute Gasteiger partial charge is 0.317 e. The second-order valence-corrected chi connectivity index (χ2v) is 22.9. The first-order valence-corrected chi connectivity index (χ1v) is 29.7. The molecule has 0 aliphatic heterocycles. The molecule has 0 saturated heterocycles. The molecule has 0 bridgehead atoms. The number of aromatic nitrogens is 6. The van der Waals surface area contributed by atoms with Crippen LogP contribution < -0.4 is 0 Å². The highest BCUT2D eigenvalue weighted by Crippen LogP contribution is 2.53. The van der Waals surface area contributed by atoms with E-state index < -0.39 is 0 Å². The van der Waals surface area contributed by atoms with Crippen LogP contribution in [0.15, 0.2) is 279 Å². The molecule has 19 aromatic rings. The van der Waals surface area contributed by atoms with Crippen LogP contribution in [-0.2, 0) is 0 Å². The Morgan fingerprint density at radius 1 is 0.239 bits per heavy atom. The smallest absolute Gasteiger partial charge is 0.237 e. The standard InChI is InChI=1S/C80H46N8/c1-82-76-77(87-70-42-22-14-34-57(70)61-44-72-59(46-74(61)87)55-32-12-16-36-64(55)83(72)49-24-4-2-5-25-49)63(48-81)78(85-66-38-18-8-28-51(66)52-29-9-19-39-67(52)85)80(79(76)86-68-40-20-10-30-53(68)54-31-11-21-41-69(54)86)88-71-43-23-15-35-58(71)62-45-73-60(47-75(62)88)56-33-13-17-37-65(56)84(73)50-26-6-3-7-27-50/h2-47H. The Morgan fingerprint density at radius 3 is 0.784 bits per heavy atom. The Bertz CT molecular complexity index is 6060. The highest BCUT2D eigenvalue weighted by atomic mass is 15.1. The second-order valence-electron chi connectivity index (χ2n) is 22.9. The Morgan fingerprint density at radius 2 is 0.477 bits per heavy atom. The van der Waals surface area contributed by atoms with Gasteiger partial charge in [0.2, 0.25) is 5.69 Å². The molecule has 0 fully saturated rings. The summed E-state index contributed by atoms with van der Waals surface area (Å²) >= 11 is 0. The van der Waals surface area contributed by atoms with E-state index in [0.29, 0.717) is 34.0 Å². The first-order valence-electron chi connectivity index (χ1n) is 29.7. The molecule has 8 nitrogen and oxygen atoms in total. The van der Waals surface area contributed by atoms with Crippen molar-refractivity contribution >= 4 is 137 Å². The van der Waals surface area contributed by atoms with E-state index in [9.17, 15) is 11.8 Å². The molecule has 0 amide bonds. The molecule has 19 rings (SSSR count). The summed E-state index contributed by atoms with van der Waals surface area (Å²) in [5.74, 6) is 0. The first-order chi connectivity index (χ1) is 43.7. The summed E-state index contributed by atoms with van der Waals surface area (Å²) in [6.45, 7) is 10.1. The van der Waals surface area contributed by atoms with Gasteiger partial charge in [-0.2, -0.15) is 5.26 Å². The number of nitrogens with zero attached hydrogens (tertiary/aromatic N) is 8. The van der Waals surface area contributed by atoms with Crippen LogP contribution in [0.4, 0.5) is 5.69 Å². The van der Waals surface area contributed by atoms with E-state index in [1.807, 2.05) is 0 Å². The molecule has 13 aromatic carbocycles. The van der Waals surface area contributed by atoms with Crippen LogP contribution in [0.25, 0.3) is 170 Å². The third-order valence-electron chi connectivity index (χ3n) is 18.6. The number of rotatable bonds is 6. The number of benzene rings is 13. The van der Waals surface area contributed by atoms with Crippen LogP contribution in [0, 0.1) is 17.9 Å². The van der Waals surface area contributed by atoms with Gasteiger partial charge in [-0.05, 0) is 97.1 Å². The summed E-state index contributed by atoms with van der Waals surface area (Å²) in [6.07, 6.45) is 0. The van der Waals surface area contributed by atoms with Crippen molar-refractivity contribution in [1.82, 2.24) is 27.4 Å². The number of fused-ring (bicyclic) bond motifs is 18. The summed E-state index contributed by atoms with van der Waals surface area (Å²) in [5, 5.41) is 25.6. The van der Waals surface area contributed by atoms with Gasteiger partial charge in [0, 0.05) is 76.0 Å². The average Bonchev–Trinajstić information content (AvgIpc) is 1.51. The number of nitriles is 1. The highest BCUT2D eigenvalue weighted by molar-refractivity contribution is 6.23. The zero-order valence-electron chi connectivity index (χ0n) is 47.1. The molecule has 0 aliphatic carbocycles. The van der Waals surface area contributed by atoms with Gasteiger partial charge in [0.15, 0.2) is 0 Å². The zero-order chi connectivity index (χ0) is 57.9. The van der Waals surface area contributed by atoms with E-state index in [1.54, 1.807) is 0 Å². The summed E-state index contributed by atoms with van der Waals surface area (Å²) < 4.78 is 14.0. The zero-order valence-corrected chi connectivity index (χ0v) is 47.1. The van der Waals surface area contributed by atoms with Crippen molar-refractivity contribution in [2.24, 2.45) is 0 Å². The van der Waals surface area contributed by atoms with Crippen molar-refractivity contribution < 1.29 is 0 Å². The third-order valence-corrected chi connectivity index (χ3v) is 18.6. The molecule has 406 valence electrons. The second kappa shape index (κ2) is 18.1. The summed E-state index contributed by atoms with van der Waals surface area (Å²) in [4.78, 5) is 4.91. The van der Waals surface area contributed by atoms with Gasteiger partial charge in [0.25, 0.3) is 0 Å². The van der Waals surface area contributed by atoms with E-state index in [1.165, 1.54) is 0 Å². The van der Waals surface area contributed by atoms with Gasteiger partial charge in [0.1, 0.15) is 6.07 Å². The molecule has 6 aromatic heterocycles. The fourth-order valence-electron chi connectivity index (χ4n) is 15.1. The van der Waals surface area contributed by atoms with Crippen molar-refractivity contribution in [2.75, 3.05) is 0 Å². The summed E-state index contributed by atoms with van der Waals surface area (Å²) in [6, 6.07) is 102. The van der Waals surface area contributed by atoms with Crippen molar-refractivity contribution in [1.29, 1.82) is 5.26 Å². The lowest BCUT2D eigenvalue weighted by Gasteiger charge is -2.27. The summed E-state index contributed by atoms with van der Waals surface area (Å²) in [7, 11) is 0. The maximum absolute atomic E-state index is 12.9. The van der Waals surface area contributed by atoms with Crippen LogP contribution >= 0.6 is 0 Å². The Kier molecular flexibility index (Phi) is 9.87. The van der Waals surface area contributed by atoms with E-state index >= 15 is 0 Å². The highest BCUT2D eigenvalue weighted by Gasteiger charge is 2.35. The Balaban J connectivity index is 1.08. The van der Waals surface area contributed by atoms with Gasteiger partial charge in [-0.25, -0.2) is 4.85 Å². The minimum atomic E-state index is 0.338. The summed E-state index contributed by atoms with van der Waals surface area (Å²) in [5.41, 5.74) is 17.1. The molecule has 0 saturated carbocycles. The molecule has 88 heavy (non-hydrogen) atoms. The van der Waals surface area contributed by atoms with Crippen LogP contribution in [0.1, 0.15) is 5.56 Å². The predicted octanol–water partition coefficient (Wildman–Crippen LogP) is 20.7. The lowest BCUT2D eigenvalue weighted by Crippen LogP contribution is -2.14. The molecular weight excluding hydrogens is 1070 g/mol. The SMILES string of the molecule is [C-]#[N+]c1c(-n2c3ccccc3c3cc4c(cc32)c2ccccc2n4-c2ccccc2)c(C#N)c(-n2c3ccccc3c3ccccc32)c(-n2c3ccccc3c3cc4c(cc32)c2ccccc2n4-c2ccccc2)c1-n1c2ccccc2c2ccccc21. The van der Waals surface area contributed by atoms with Crippen LogP contribution in [0.3, 0.4) is 0 Å². The molecule has 0 aliphatic rings. The fraction of sp³-hybridized carbons (Fsp3) is 0. The van der Waals surface area contributed by atoms with Crippen LogP contribution in [-0.4, -0.2) is 27.4 Å². The third kappa shape index (κ3) is 6.34. The molecule has 0 atom stereocenters. The van der Waals surface area contributed by atoms with E-state index in [4.69, 9.17) is 4.85 Å². The minimum absolute atomic E-state index is 0.338. The van der Waals surface area contributed by atoms with Crippen molar-refractivity contribution in [3.05, 3.63) is 296 Å². The number of hydrogen-bond donors (Lipinski definition) is 0. The van der Waals surface area contributed by atoms with E-state index in [-0.39, 0.29) is 0 Å². The number of hydrogen-bond acceptors (Lipinski definition) is 1. The maximum Gasteiger partial charge on any atom is 0.237 e. The molecule has 8 heteroatoms. The van der Waals surface area contributed by atoms with Crippen molar-refractivity contribution in [3.8, 4) is 40.2 Å². The lowest BCUT2D eigenvalue weighted by molar-refractivity contribution is 1.03. The van der Waals surface area contributed by atoms with Crippen LogP contribution in [0.2, 0.25) is 0 Å². The van der Waals surface area contributed by atoms with Gasteiger partial charge in [-0.3, -0.25) is 0 Å². The van der Waals surface area contributed by atoms with Gasteiger partial charge in [-0.1, -0.05) is 182 Å². The monoisotopic (exact) mass is 1120 g/mol. The molecule has 0 spiro atoms. The average molecular weight is 1120 g/mol. The molecule has 0 N–H and O–H groups in total. The quantitative estimate of drug-likeness (QED) is 0.153. The van der Waals surface area contributed by atoms with E-state index in [2.05, 4.69) is 313 Å². The molecule has 0 unspecified atom stereocenters. The van der Waals surface area contributed by atoms with Crippen molar-refractivity contribution in [2.45, 2.75) is 0 Å². The molecular formula is C80H46N8. The lowest BCUT2D eigenvalue weighted by atomic mass is 10.0. The van der Waals surface area contributed by atoms with Gasteiger partial charge >= 0.3 is 0 Å². The van der Waals surface area contributed by atoms with Gasteiger partial charge < -0.3 is 27.4 Å². The normalized spacial score (nSPS) is 12.1. The van der Waals surface area contributed by atoms with Crippen LogP contribution in [0.5, 0.6) is 0 Å². The molecule has 6 heterocycles. The maximum atomic E-state index is 12.9.